The van der Waals surface area contributed by atoms with Crippen molar-refractivity contribution in [2.24, 2.45) is 17.6 Å². The molecule has 1 aliphatic rings. The van der Waals surface area contributed by atoms with Crippen molar-refractivity contribution in [3.05, 3.63) is 30.1 Å². The fourth-order valence-corrected chi connectivity index (χ4v) is 3.34. The van der Waals surface area contributed by atoms with Gasteiger partial charge in [0.25, 0.3) is 0 Å². The molecule has 28 heavy (non-hydrogen) atoms. The SMILES string of the molecule is CCC(C)C(=O)N1CCCC(C(=O)Nc2ccc(-c3n[nH]c(CN)n3)cc2)C1. The topological polar surface area (TPSA) is 117 Å². The van der Waals surface area contributed by atoms with Gasteiger partial charge in [-0.3, -0.25) is 14.7 Å². The molecule has 0 spiro atoms. The molecule has 0 saturated carbocycles. The van der Waals surface area contributed by atoms with E-state index in [4.69, 9.17) is 5.73 Å². The van der Waals surface area contributed by atoms with Crippen LogP contribution < -0.4 is 11.1 Å². The molecule has 2 amide bonds. The van der Waals surface area contributed by atoms with Crippen LogP contribution in [0, 0.1) is 11.8 Å². The van der Waals surface area contributed by atoms with Crippen molar-refractivity contribution < 1.29 is 9.59 Å². The molecule has 150 valence electrons. The predicted octanol–water partition coefficient (Wildman–Crippen LogP) is 2.15. The fraction of sp³-hybridized carbons (Fsp3) is 0.500. The summed E-state index contributed by atoms with van der Waals surface area (Å²) in [7, 11) is 0. The highest BCUT2D eigenvalue weighted by molar-refractivity contribution is 5.93. The number of aromatic nitrogens is 3. The Morgan fingerprint density at radius 2 is 2.11 bits per heavy atom. The molecule has 0 radical (unpaired) electrons. The summed E-state index contributed by atoms with van der Waals surface area (Å²) in [6.07, 6.45) is 2.47. The number of anilines is 1. The zero-order valence-corrected chi connectivity index (χ0v) is 16.4. The molecule has 1 aromatic heterocycles. The minimum atomic E-state index is -0.179. The van der Waals surface area contributed by atoms with Gasteiger partial charge in [-0.05, 0) is 43.5 Å². The summed E-state index contributed by atoms with van der Waals surface area (Å²) in [5.74, 6) is 1.13. The molecular weight excluding hydrogens is 356 g/mol. The van der Waals surface area contributed by atoms with Crippen molar-refractivity contribution in [2.75, 3.05) is 18.4 Å². The number of nitrogens with zero attached hydrogens (tertiary/aromatic N) is 3. The van der Waals surface area contributed by atoms with Crippen LogP contribution >= 0.6 is 0 Å². The van der Waals surface area contributed by atoms with Crippen LogP contribution in [0.15, 0.2) is 24.3 Å². The van der Waals surface area contributed by atoms with Crippen molar-refractivity contribution >= 4 is 17.5 Å². The molecule has 1 fully saturated rings. The van der Waals surface area contributed by atoms with E-state index in [1.54, 1.807) is 0 Å². The van der Waals surface area contributed by atoms with E-state index in [-0.39, 0.29) is 23.7 Å². The minimum absolute atomic E-state index is 0.00444. The molecule has 3 rings (SSSR count). The number of carbonyl (C=O) groups excluding carboxylic acids is 2. The Bertz CT molecular complexity index is 816. The lowest BCUT2D eigenvalue weighted by Crippen LogP contribution is -2.45. The minimum Gasteiger partial charge on any atom is -0.342 e. The third kappa shape index (κ3) is 4.56. The number of rotatable bonds is 6. The van der Waals surface area contributed by atoms with E-state index in [1.807, 2.05) is 43.0 Å². The maximum atomic E-state index is 12.7. The molecular formula is C20H28N6O2. The lowest BCUT2D eigenvalue weighted by Gasteiger charge is -2.33. The zero-order chi connectivity index (χ0) is 20.1. The number of benzene rings is 1. The van der Waals surface area contributed by atoms with Gasteiger partial charge < -0.3 is 16.0 Å². The molecule has 0 aliphatic carbocycles. The number of carbonyl (C=O) groups is 2. The van der Waals surface area contributed by atoms with E-state index in [1.165, 1.54) is 0 Å². The summed E-state index contributed by atoms with van der Waals surface area (Å²) in [6, 6.07) is 7.38. The van der Waals surface area contributed by atoms with Crippen LogP contribution in [0.5, 0.6) is 0 Å². The maximum Gasteiger partial charge on any atom is 0.229 e. The number of H-pyrrole nitrogens is 1. The van der Waals surface area contributed by atoms with Gasteiger partial charge in [-0.25, -0.2) is 4.98 Å². The molecule has 2 unspecified atom stereocenters. The number of nitrogens with one attached hydrogen (secondary N) is 2. The number of nitrogens with two attached hydrogens (primary N) is 1. The second kappa shape index (κ2) is 8.97. The Morgan fingerprint density at radius 3 is 2.75 bits per heavy atom. The summed E-state index contributed by atoms with van der Waals surface area (Å²) in [4.78, 5) is 31.2. The molecule has 1 aromatic carbocycles. The highest BCUT2D eigenvalue weighted by Crippen LogP contribution is 2.22. The van der Waals surface area contributed by atoms with Crippen LogP contribution in [0.1, 0.15) is 38.9 Å². The first kappa shape index (κ1) is 20.0. The first-order valence-corrected chi connectivity index (χ1v) is 9.83. The second-order valence-corrected chi connectivity index (χ2v) is 7.31. The largest absolute Gasteiger partial charge is 0.342 e. The second-order valence-electron chi connectivity index (χ2n) is 7.31. The monoisotopic (exact) mass is 384 g/mol. The Labute approximate surface area is 164 Å². The van der Waals surface area contributed by atoms with Gasteiger partial charge >= 0.3 is 0 Å². The summed E-state index contributed by atoms with van der Waals surface area (Å²) < 4.78 is 0. The molecule has 2 aromatic rings. The van der Waals surface area contributed by atoms with E-state index in [0.717, 1.165) is 31.4 Å². The van der Waals surface area contributed by atoms with E-state index < -0.39 is 0 Å². The molecule has 1 saturated heterocycles. The van der Waals surface area contributed by atoms with Crippen molar-refractivity contribution in [3.63, 3.8) is 0 Å². The molecule has 0 bridgehead atoms. The lowest BCUT2D eigenvalue weighted by atomic mass is 9.95. The van der Waals surface area contributed by atoms with Crippen molar-refractivity contribution in [2.45, 2.75) is 39.7 Å². The standard InChI is InChI=1S/C20H28N6O2/c1-3-13(2)20(28)26-10-4-5-15(12-26)19(27)22-16-8-6-14(7-9-16)18-23-17(11-21)24-25-18/h6-9,13,15H,3-5,10-12,21H2,1-2H3,(H,22,27)(H,23,24,25). The van der Waals surface area contributed by atoms with Gasteiger partial charge in [0.05, 0.1) is 12.5 Å². The normalized spacial score (nSPS) is 18.0. The van der Waals surface area contributed by atoms with Crippen molar-refractivity contribution in [3.8, 4) is 11.4 Å². The first-order valence-electron chi connectivity index (χ1n) is 9.83. The van der Waals surface area contributed by atoms with Gasteiger partial charge in [0, 0.05) is 30.3 Å². The summed E-state index contributed by atoms with van der Waals surface area (Å²) in [5.41, 5.74) is 7.10. The van der Waals surface area contributed by atoms with E-state index >= 15 is 0 Å². The van der Waals surface area contributed by atoms with Gasteiger partial charge in [-0.2, -0.15) is 5.10 Å². The Kier molecular flexibility index (Phi) is 6.41. The van der Waals surface area contributed by atoms with E-state index in [2.05, 4.69) is 20.5 Å². The van der Waals surface area contributed by atoms with Crippen LogP contribution in [0.25, 0.3) is 11.4 Å². The van der Waals surface area contributed by atoms with Crippen LogP contribution in [-0.2, 0) is 16.1 Å². The maximum absolute atomic E-state index is 12.7. The summed E-state index contributed by atoms with van der Waals surface area (Å²) in [5, 5.41) is 9.87. The highest BCUT2D eigenvalue weighted by atomic mass is 16.2. The molecule has 8 nitrogen and oxygen atoms in total. The molecule has 4 N–H and O–H groups in total. The van der Waals surface area contributed by atoms with Crippen LogP contribution in [-0.4, -0.2) is 45.0 Å². The number of likely N-dealkylation sites (tertiary alicyclic amines) is 1. The molecule has 2 atom stereocenters. The Balaban J connectivity index is 1.60. The van der Waals surface area contributed by atoms with Crippen LogP contribution in [0.4, 0.5) is 5.69 Å². The van der Waals surface area contributed by atoms with Gasteiger partial charge in [-0.1, -0.05) is 13.8 Å². The zero-order valence-electron chi connectivity index (χ0n) is 16.4. The van der Waals surface area contributed by atoms with Gasteiger partial charge in [0.1, 0.15) is 5.82 Å². The molecule has 1 aliphatic heterocycles. The number of hydrogen-bond acceptors (Lipinski definition) is 5. The number of hydrogen-bond donors (Lipinski definition) is 3. The first-order chi connectivity index (χ1) is 13.5. The number of aromatic amines is 1. The fourth-order valence-electron chi connectivity index (χ4n) is 3.34. The average Bonchev–Trinajstić information content (AvgIpc) is 3.22. The van der Waals surface area contributed by atoms with Gasteiger partial charge in [0.15, 0.2) is 5.82 Å². The number of amides is 2. The quantitative estimate of drug-likeness (QED) is 0.705. The Morgan fingerprint density at radius 1 is 1.36 bits per heavy atom. The summed E-state index contributed by atoms with van der Waals surface area (Å²) in [6.45, 7) is 5.49. The number of piperidine rings is 1. The van der Waals surface area contributed by atoms with Crippen LogP contribution in [0.2, 0.25) is 0 Å². The Hall–Kier alpha value is -2.74. The third-order valence-corrected chi connectivity index (χ3v) is 5.27. The smallest absolute Gasteiger partial charge is 0.229 e. The van der Waals surface area contributed by atoms with Gasteiger partial charge in [-0.15, -0.1) is 0 Å². The predicted molar refractivity (Wildman–Crippen MR) is 107 cm³/mol. The average molecular weight is 384 g/mol. The lowest BCUT2D eigenvalue weighted by molar-refractivity contribution is -0.138. The summed E-state index contributed by atoms with van der Waals surface area (Å²) >= 11 is 0. The third-order valence-electron chi connectivity index (χ3n) is 5.27. The van der Waals surface area contributed by atoms with E-state index in [0.29, 0.717) is 30.4 Å². The van der Waals surface area contributed by atoms with Gasteiger partial charge in [0.2, 0.25) is 11.8 Å². The van der Waals surface area contributed by atoms with Crippen molar-refractivity contribution in [1.29, 1.82) is 0 Å². The highest BCUT2D eigenvalue weighted by Gasteiger charge is 2.30. The molecule has 8 heteroatoms. The van der Waals surface area contributed by atoms with Crippen molar-refractivity contribution in [1.82, 2.24) is 20.1 Å². The van der Waals surface area contributed by atoms with E-state index in [9.17, 15) is 9.59 Å². The van der Waals surface area contributed by atoms with Crippen LogP contribution in [0.3, 0.4) is 0 Å². The molecule has 2 heterocycles.